The van der Waals surface area contributed by atoms with Gasteiger partial charge in [0, 0.05) is 18.3 Å². The lowest BCUT2D eigenvalue weighted by atomic mass is 10.1. The molecule has 2 N–H and O–H groups in total. The summed E-state index contributed by atoms with van der Waals surface area (Å²) in [5.41, 5.74) is 1.24. The van der Waals surface area contributed by atoms with Gasteiger partial charge in [-0.2, -0.15) is 11.8 Å². The average Bonchev–Trinajstić information content (AvgIpc) is 2.95. The van der Waals surface area contributed by atoms with Gasteiger partial charge in [-0.05, 0) is 44.6 Å². The lowest BCUT2D eigenvalue weighted by Gasteiger charge is -2.24. The number of ether oxygens (including phenoxy) is 1. The number of hydrogen-bond acceptors (Lipinski definition) is 3. The third-order valence-electron chi connectivity index (χ3n) is 3.84. The summed E-state index contributed by atoms with van der Waals surface area (Å²) in [6.07, 6.45) is 2.59. The number of nitrogens with one attached hydrogen (secondary N) is 2. The monoisotopic (exact) mass is 449 g/mol. The van der Waals surface area contributed by atoms with Gasteiger partial charge in [-0.3, -0.25) is 4.99 Å². The van der Waals surface area contributed by atoms with Crippen molar-refractivity contribution in [3.63, 3.8) is 0 Å². The molecule has 0 aromatic heterocycles. The van der Waals surface area contributed by atoms with Crippen molar-refractivity contribution in [3.05, 3.63) is 29.8 Å². The van der Waals surface area contributed by atoms with Crippen LogP contribution in [-0.2, 0) is 0 Å². The first kappa shape index (κ1) is 20.4. The van der Waals surface area contributed by atoms with Crippen LogP contribution in [0.4, 0.5) is 0 Å². The minimum atomic E-state index is 0. The smallest absolute Gasteiger partial charge is 0.191 e. The van der Waals surface area contributed by atoms with Gasteiger partial charge in [0.25, 0.3) is 0 Å². The van der Waals surface area contributed by atoms with Crippen molar-refractivity contribution in [2.24, 2.45) is 4.99 Å². The third kappa shape index (κ3) is 7.20. The molecule has 0 spiro atoms. The van der Waals surface area contributed by atoms with E-state index in [9.17, 15) is 0 Å². The number of aryl methyl sites for hydroxylation is 1. The molecule has 1 unspecified atom stereocenters. The van der Waals surface area contributed by atoms with E-state index in [0.717, 1.165) is 24.8 Å². The highest BCUT2D eigenvalue weighted by atomic mass is 127. The molecule has 1 aliphatic rings. The molecule has 130 valence electrons. The molecule has 0 amide bonds. The van der Waals surface area contributed by atoms with Gasteiger partial charge in [0.15, 0.2) is 5.96 Å². The summed E-state index contributed by atoms with van der Waals surface area (Å²) >= 11 is 2.05. The largest absolute Gasteiger partial charge is 0.492 e. The highest BCUT2D eigenvalue weighted by Gasteiger charge is 2.29. The Morgan fingerprint density at radius 2 is 2.04 bits per heavy atom. The molecule has 1 saturated heterocycles. The first-order valence-electron chi connectivity index (χ1n) is 7.89. The number of rotatable bonds is 6. The minimum absolute atomic E-state index is 0. The van der Waals surface area contributed by atoms with Gasteiger partial charge in [-0.15, -0.1) is 24.0 Å². The summed E-state index contributed by atoms with van der Waals surface area (Å²) in [5.74, 6) is 3.03. The number of halogens is 1. The molecule has 6 heteroatoms. The van der Waals surface area contributed by atoms with Crippen molar-refractivity contribution in [1.82, 2.24) is 10.6 Å². The SMILES string of the molecule is CN=C(NCCOc1ccc(C)cc1)NCC1(C)CCCS1.I. The molecule has 2 rings (SSSR count). The van der Waals surface area contributed by atoms with Crippen LogP contribution in [0.1, 0.15) is 25.3 Å². The van der Waals surface area contributed by atoms with Crippen LogP contribution in [0.3, 0.4) is 0 Å². The number of hydrogen-bond donors (Lipinski definition) is 2. The zero-order valence-electron chi connectivity index (χ0n) is 14.2. The molecular weight excluding hydrogens is 421 g/mol. The van der Waals surface area contributed by atoms with E-state index in [2.05, 4.69) is 53.4 Å². The maximum absolute atomic E-state index is 5.70. The summed E-state index contributed by atoms with van der Waals surface area (Å²) in [6, 6.07) is 8.12. The number of nitrogens with zero attached hydrogens (tertiary/aromatic N) is 1. The second-order valence-electron chi connectivity index (χ2n) is 5.92. The van der Waals surface area contributed by atoms with E-state index in [1.807, 2.05) is 12.1 Å². The van der Waals surface area contributed by atoms with Crippen LogP contribution < -0.4 is 15.4 Å². The molecule has 1 heterocycles. The maximum atomic E-state index is 5.70. The second kappa shape index (κ2) is 10.3. The lowest BCUT2D eigenvalue weighted by molar-refractivity contribution is 0.322. The van der Waals surface area contributed by atoms with E-state index in [1.54, 1.807) is 7.05 Å². The third-order valence-corrected chi connectivity index (χ3v) is 5.38. The number of benzene rings is 1. The molecule has 0 bridgehead atoms. The molecular formula is C17H28IN3OS. The zero-order chi connectivity index (χ0) is 15.8. The van der Waals surface area contributed by atoms with Gasteiger partial charge in [-0.1, -0.05) is 17.7 Å². The zero-order valence-corrected chi connectivity index (χ0v) is 17.4. The van der Waals surface area contributed by atoms with E-state index in [-0.39, 0.29) is 24.0 Å². The van der Waals surface area contributed by atoms with Crippen LogP contribution >= 0.6 is 35.7 Å². The van der Waals surface area contributed by atoms with Gasteiger partial charge < -0.3 is 15.4 Å². The van der Waals surface area contributed by atoms with E-state index < -0.39 is 0 Å². The van der Waals surface area contributed by atoms with Crippen LogP contribution in [-0.4, -0.2) is 43.2 Å². The fraction of sp³-hybridized carbons (Fsp3) is 0.588. The Bertz CT molecular complexity index is 487. The minimum Gasteiger partial charge on any atom is -0.492 e. The molecule has 0 saturated carbocycles. The first-order chi connectivity index (χ1) is 10.6. The molecule has 0 radical (unpaired) electrons. The highest BCUT2D eigenvalue weighted by molar-refractivity contribution is 14.0. The molecule has 1 atom stereocenters. The topological polar surface area (TPSA) is 45.7 Å². The van der Waals surface area contributed by atoms with Gasteiger partial charge in [0.1, 0.15) is 12.4 Å². The normalized spacial score (nSPS) is 20.7. The summed E-state index contributed by atoms with van der Waals surface area (Å²) in [5, 5.41) is 6.72. The standard InChI is InChI=1S/C17H27N3OS.HI/c1-14-5-7-15(8-6-14)21-11-10-19-16(18-3)20-13-17(2)9-4-12-22-17;/h5-8H,4,9-13H2,1-3H3,(H2,18,19,20);1H. The van der Waals surface area contributed by atoms with Gasteiger partial charge >= 0.3 is 0 Å². The second-order valence-corrected chi connectivity index (χ2v) is 7.60. The summed E-state index contributed by atoms with van der Waals surface area (Å²) in [7, 11) is 1.81. The van der Waals surface area contributed by atoms with Gasteiger partial charge in [-0.25, -0.2) is 0 Å². The summed E-state index contributed by atoms with van der Waals surface area (Å²) in [4.78, 5) is 4.27. The first-order valence-corrected chi connectivity index (χ1v) is 8.88. The summed E-state index contributed by atoms with van der Waals surface area (Å²) < 4.78 is 6.05. The van der Waals surface area contributed by atoms with Crippen molar-refractivity contribution in [2.75, 3.05) is 32.5 Å². The molecule has 4 nitrogen and oxygen atoms in total. The quantitative estimate of drug-likeness (QED) is 0.302. The Labute approximate surface area is 161 Å². The van der Waals surface area contributed by atoms with E-state index >= 15 is 0 Å². The van der Waals surface area contributed by atoms with E-state index in [4.69, 9.17) is 4.74 Å². The lowest BCUT2D eigenvalue weighted by Crippen LogP contribution is -2.44. The predicted octanol–water partition coefficient (Wildman–Crippen LogP) is 3.44. The van der Waals surface area contributed by atoms with Crippen LogP contribution in [0.15, 0.2) is 29.3 Å². The Kier molecular flexibility index (Phi) is 9.12. The van der Waals surface area contributed by atoms with Gasteiger partial charge in [0.2, 0.25) is 0 Å². The fourth-order valence-electron chi connectivity index (χ4n) is 2.44. The predicted molar refractivity (Wildman–Crippen MR) is 112 cm³/mol. The molecule has 1 fully saturated rings. The highest BCUT2D eigenvalue weighted by Crippen LogP contribution is 2.36. The molecule has 1 aliphatic heterocycles. The van der Waals surface area contributed by atoms with Crippen molar-refractivity contribution in [1.29, 1.82) is 0 Å². The Morgan fingerprint density at radius 1 is 1.30 bits per heavy atom. The molecule has 1 aromatic rings. The van der Waals surface area contributed by atoms with Crippen molar-refractivity contribution >= 4 is 41.7 Å². The number of guanidine groups is 1. The Hall–Kier alpha value is -0.630. The molecule has 0 aliphatic carbocycles. The van der Waals surface area contributed by atoms with Crippen molar-refractivity contribution < 1.29 is 4.74 Å². The van der Waals surface area contributed by atoms with Crippen LogP contribution in [0.5, 0.6) is 5.75 Å². The van der Waals surface area contributed by atoms with Crippen LogP contribution in [0.25, 0.3) is 0 Å². The Morgan fingerprint density at radius 3 is 2.65 bits per heavy atom. The van der Waals surface area contributed by atoms with Gasteiger partial charge in [0.05, 0.1) is 6.54 Å². The van der Waals surface area contributed by atoms with Crippen LogP contribution in [0, 0.1) is 6.92 Å². The Balaban J connectivity index is 0.00000264. The number of thioether (sulfide) groups is 1. The van der Waals surface area contributed by atoms with E-state index in [1.165, 1.54) is 24.2 Å². The van der Waals surface area contributed by atoms with Crippen molar-refractivity contribution in [3.8, 4) is 5.75 Å². The summed E-state index contributed by atoms with van der Waals surface area (Å²) in [6.45, 7) is 6.71. The number of aliphatic imine (C=N–C) groups is 1. The van der Waals surface area contributed by atoms with Crippen molar-refractivity contribution in [2.45, 2.75) is 31.4 Å². The molecule has 23 heavy (non-hydrogen) atoms. The fourth-order valence-corrected chi connectivity index (χ4v) is 3.68. The van der Waals surface area contributed by atoms with Crippen LogP contribution in [0.2, 0.25) is 0 Å². The molecule has 1 aromatic carbocycles. The average molecular weight is 449 g/mol. The van der Waals surface area contributed by atoms with E-state index in [0.29, 0.717) is 11.4 Å². The maximum Gasteiger partial charge on any atom is 0.191 e.